The maximum Gasteiger partial charge on any atom is 0.343 e. The predicted molar refractivity (Wildman–Crippen MR) is 122 cm³/mol. The van der Waals surface area contributed by atoms with Gasteiger partial charge in [0.2, 0.25) is 5.82 Å². The number of carbonyl (C=O) groups is 1. The third-order valence-corrected chi connectivity index (χ3v) is 5.16. The highest BCUT2D eigenvalue weighted by atomic mass is 19.2. The van der Waals surface area contributed by atoms with Crippen molar-refractivity contribution in [2.45, 2.75) is 46.0 Å². The van der Waals surface area contributed by atoms with Crippen LogP contribution in [0.15, 0.2) is 60.7 Å². The number of unbranched alkanes of at least 4 members (excludes halogenated alkanes) is 2. The normalized spacial score (nSPS) is 10.8. The van der Waals surface area contributed by atoms with Crippen LogP contribution in [-0.4, -0.2) is 12.6 Å². The Kier molecular flexibility index (Phi) is 8.37. The van der Waals surface area contributed by atoms with Crippen molar-refractivity contribution in [1.29, 1.82) is 0 Å². The zero-order chi connectivity index (χ0) is 22.9. The molecule has 0 bridgehead atoms. The number of carbonyl (C=O) groups excluding carboxylic acids is 1. The molecule has 5 heteroatoms. The van der Waals surface area contributed by atoms with E-state index in [1.54, 1.807) is 24.3 Å². The van der Waals surface area contributed by atoms with E-state index in [1.165, 1.54) is 29.8 Å². The SMILES string of the molecule is CCCCCOc1ccc(-c2ccc(C(=O)Oc3ccc(CCC)cc3)cc2)c(F)c1F. The van der Waals surface area contributed by atoms with Crippen LogP contribution < -0.4 is 9.47 Å². The Hall–Kier alpha value is -3.21. The third-order valence-electron chi connectivity index (χ3n) is 5.16. The lowest BCUT2D eigenvalue weighted by Gasteiger charge is -2.11. The van der Waals surface area contributed by atoms with Gasteiger partial charge in [0.15, 0.2) is 11.6 Å². The van der Waals surface area contributed by atoms with Crippen LogP contribution in [0.3, 0.4) is 0 Å². The first kappa shape index (κ1) is 23.5. The molecule has 32 heavy (non-hydrogen) atoms. The summed E-state index contributed by atoms with van der Waals surface area (Å²) < 4.78 is 39.8. The number of halogens is 2. The first-order valence-corrected chi connectivity index (χ1v) is 11.1. The highest BCUT2D eigenvalue weighted by Crippen LogP contribution is 2.30. The Bertz CT molecular complexity index is 1030. The molecule has 0 aromatic heterocycles. The smallest absolute Gasteiger partial charge is 0.343 e. The second-order valence-corrected chi connectivity index (χ2v) is 7.66. The van der Waals surface area contributed by atoms with Crippen LogP contribution in [0, 0.1) is 11.6 Å². The van der Waals surface area contributed by atoms with Crippen molar-refractivity contribution in [3.63, 3.8) is 0 Å². The summed E-state index contributed by atoms with van der Waals surface area (Å²) >= 11 is 0. The van der Waals surface area contributed by atoms with E-state index in [2.05, 4.69) is 13.8 Å². The largest absolute Gasteiger partial charge is 0.490 e. The molecule has 0 heterocycles. The van der Waals surface area contributed by atoms with Crippen molar-refractivity contribution in [3.05, 3.63) is 83.4 Å². The molecule has 0 fully saturated rings. The predicted octanol–water partition coefficient (Wildman–Crippen LogP) is 7.37. The van der Waals surface area contributed by atoms with E-state index < -0.39 is 17.6 Å². The molecule has 0 aliphatic rings. The molecular formula is C27H28F2O3. The fraction of sp³-hybridized carbons (Fsp3) is 0.296. The van der Waals surface area contributed by atoms with Gasteiger partial charge in [-0.25, -0.2) is 9.18 Å². The molecule has 0 atom stereocenters. The average molecular weight is 439 g/mol. The van der Waals surface area contributed by atoms with Crippen LogP contribution in [0.25, 0.3) is 11.1 Å². The van der Waals surface area contributed by atoms with Crippen LogP contribution in [0.5, 0.6) is 11.5 Å². The summed E-state index contributed by atoms with van der Waals surface area (Å²) in [6.45, 7) is 4.51. The van der Waals surface area contributed by atoms with E-state index in [-0.39, 0.29) is 11.3 Å². The molecule has 0 radical (unpaired) electrons. The van der Waals surface area contributed by atoms with Crippen molar-refractivity contribution < 1.29 is 23.0 Å². The van der Waals surface area contributed by atoms with Gasteiger partial charge in [-0.05, 0) is 60.4 Å². The fourth-order valence-corrected chi connectivity index (χ4v) is 3.37. The molecule has 0 unspecified atom stereocenters. The van der Waals surface area contributed by atoms with Gasteiger partial charge in [-0.1, -0.05) is 57.4 Å². The fourth-order valence-electron chi connectivity index (χ4n) is 3.37. The van der Waals surface area contributed by atoms with E-state index in [4.69, 9.17) is 9.47 Å². The van der Waals surface area contributed by atoms with Crippen molar-refractivity contribution in [1.82, 2.24) is 0 Å². The molecule has 0 spiro atoms. The van der Waals surface area contributed by atoms with Crippen molar-refractivity contribution in [2.24, 2.45) is 0 Å². The molecule has 0 aliphatic heterocycles. The summed E-state index contributed by atoms with van der Waals surface area (Å²) in [4.78, 5) is 12.4. The van der Waals surface area contributed by atoms with Crippen molar-refractivity contribution in [2.75, 3.05) is 6.61 Å². The molecule has 3 rings (SSSR count). The molecule has 0 saturated carbocycles. The standard InChI is InChI=1S/C27H28F2O3/c1-3-5-6-18-31-24-17-16-23(25(28)26(24)29)20-10-12-21(13-11-20)27(30)32-22-14-8-19(7-4-2)9-15-22/h8-17H,3-7,18H2,1-2H3. The molecule has 0 amide bonds. The molecule has 0 N–H and O–H groups in total. The molecule has 0 saturated heterocycles. The highest BCUT2D eigenvalue weighted by molar-refractivity contribution is 5.91. The minimum absolute atomic E-state index is 0.0903. The van der Waals surface area contributed by atoms with Crippen molar-refractivity contribution in [3.8, 4) is 22.6 Å². The second-order valence-electron chi connectivity index (χ2n) is 7.66. The monoisotopic (exact) mass is 438 g/mol. The quantitative estimate of drug-likeness (QED) is 0.188. The number of esters is 1. The van der Waals surface area contributed by atoms with Crippen LogP contribution in [0.4, 0.5) is 8.78 Å². The number of aryl methyl sites for hydroxylation is 1. The number of rotatable bonds is 10. The topological polar surface area (TPSA) is 35.5 Å². The molecule has 3 aromatic rings. The van der Waals surface area contributed by atoms with E-state index in [0.29, 0.717) is 23.5 Å². The van der Waals surface area contributed by atoms with E-state index >= 15 is 0 Å². The van der Waals surface area contributed by atoms with E-state index in [9.17, 15) is 13.6 Å². The summed E-state index contributed by atoms with van der Waals surface area (Å²) in [6.07, 6.45) is 4.80. The zero-order valence-electron chi connectivity index (χ0n) is 18.5. The van der Waals surface area contributed by atoms with Crippen LogP contribution >= 0.6 is 0 Å². The van der Waals surface area contributed by atoms with Gasteiger partial charge in [0.25, 0.3) is 0 Å². The summed E-state index contributed by atoms with van der Waals surface area (Å²) in [5.74, 6) is -2.12. The van der Waals surface area contributed by atoms with Gasteiger partial charge in [-0.15, -0.1) is 0 Å². The summed E-state index contributed by atoms with van der Waals surface area (Å²) in [7, 11) is 0. The Morgan fingerprint density at radius 2 is 1.53 bits per heavy atom. The lowest BCUT2D eigenvalue weighted by Crippen LogP contribution is -2.08. The molecule has 0 aliphatic carbocycles. The van der Waals surface area contributed by atoms with Gasteiger partial charge in [-0.3, -0.25) is 0 Å². The van der Waals surface area contributed by atoms with Gasteiger partial charge in [0.05, 0.1) is 12.2 Å². The van der Waals surface area contributed by atoms with Crippen LogP contribution in [-0.2, 0) is 6.42 Å². The Labute approximate surface area is 188 Å². The first-order chi connectivity index (χ1) is 15.5. The van der Waals surface area contributed by atoms with E-state index in [0.717, 1.165) is 32.1 Å². The molecule has 168 valence electrons. The summed E-state index contributed by atoms with van der Waals surface area (Å²) in [5.41, 5.74) is 2.07. The zero-order valence-corrected chi connectivity index (χ0v) is 18.5. The van der Waals surface area contributed by atoms with Gasteiger partial charge >= 0.3 is 5.97 Å². The van der Waals surface area contributed by atoms with Gasteiger partial charge in [-0.2, -0.15) is 4.39 Å². The van der Waals surface area contributed by atoms with Crippen LogP contribution in [0.2, 0.25) is 0 Å². The van der Waals surface area contributed by atoms with Gasteiger partial charge in [0.1, 0.15) is 5.75 Å². The lowest BCUT2D eigenvalue weighted by atomic mass is 10.0. The summed E-state index contributed by atoms with van der Waals surface area (Å²) in [6, 6.07) is 16.5. The second kappa shape index (κ2) is 11.4. The Morgan fingerprint density at radius 3 is 2.19 bits per heavy atom. The minimum Gasteiger partial charge on any atom is -0.490 e. The first-order valence-electron chi connectivity index (χ1n) is 11.1. The minimum atomic E-state index is -1.01. The van der Waals surface area contributed by atoms with E-state index in [1.807, 2.05) is 12.1 Å². The Balaban J connectivity index is 1.68. The van der Waals surface area contributed by atoms with Gasteiger partial charge in [0, 0.05) is 5.56 Å². The maximum absolute atomic E-state index is 14.6. The molecule has 3 aromatic carbocycles. The van der Waals surface area contributed by atoms with Crippen LogP contribution in [0.1, 0.15) is 55.5 Å². The average Bonchev–Trinajstić information content (AvgIpc) is 2.81. The third kappa shape index (κ3) is 5.94. The molecule has 3 nitrogen and oxygen atoms in total. The number of benzene rings is 3. The lowest BCUT2D eigenvalue weighted by molar-refractivity contribution is 0.0734. The number of hydrogen-bond donors (Lipinski definition) is 0. The molecular weight excluding hydrogens is 410 g/mol. The van der Waals surface area contributed by atoms with Gasteiger partial charge < -0.3 is 9.47 Å². The highest BCUT2D eigenvalue weighted by Gasteiger charge is 2.17. The Morgan fingerprint density at radius 1 is 0.812 bits per heavy atom. The maximum atomic E-state index is 14.6. The summed E-state index contributed by atoms with van der Waals surface area (Å²) in [5, 5.41) is 0. The number of hydrogen-bond acceptors (Lipinski definition) is 3. The number of ether oxygens (including phenoxy) is 2. The van der Waals surface area contributed by atoms with Crippen molar-refractivity contribution >= 4 is 5.97 Å².